The van der Waals surface area contributed by atoms with E-state index in [0.29, 0.717) is 36.7 Å². The number of fused-ring (bicyclic) bond motifs is 1. The molecule has 0 amide bonds. The molecule has 0 atom stereocenters. The molecule has 4 rings (SSSR count). The number of hydrogen-bond donors (Lipinski definition) is 0. The smallest absolute Gasteiger partial charge is 0.351 e. The third-order valence-electron chi connectivity index (χ3n) is 5.10. The zero-order valence-electron chi connectivity index (χ0n) is 15.8. The normalized spacial score (nSPS) is 16.4. The molecule has 2 aromatic heterocycles. The number of rotatable bonds is 2. The second-order valence-electron chi connectivity index (χ2n) is 7.17. The van der Waals surface area contributed by atoms with Gasteiger partial charge in [-0.05, 0) is 25.2 Å². The van der Waals surface area contributed by atoms with Crippen LogP contribution in [0.1, 0.15) is 11.1 Å². The number of nitrogens with zero attached hydrogens (tertiary/aromatic N) is 5. The molecule has 160 valence electrons. The van der Waals surface area contributed by atoms with Gasteiger partial charge in [0.25, 0.3) is 0 Å². The highest BCUT2D eigenvalue weighted by molar-refractivity contribution is 5.72. The maximum absolute atomic E-state index is 13.2. The van der Waals surface area contributed by atoms with Crippen LogP contribution in [0.3, 0.4) is 0 Å². The molecule has 1 saturated heterocycles. The standard InChI is InChI=1S/C19H17F6N5/c1-28-4-6-29(7-5-28)16-17-27-11-15(30(17)3-2-26-16)12-8-13(18(20,21)22)10-14(9-12)19(23,24)25/h2-3,8-11H,4-7H2,1H3. The molecule has 5 nitrogen and oxygen atoms in total. The summed E-state index contributed by atoms with van der Waals surface area (Å²) in [5.74, 6) is 0.542. The van der Waals surface area contributed by atoms with Crippen molar-refractivity contribution in [1.29, 1.82) is 0 Å². The highest BCUT2D eigenvalue weighted by atomic mass is 19.4. The fourth-order valence-corrected chi connectivity index (χ4v) is 3.46. The second-order valence-corrected chi connectivity index (χ2v) is 7.17. The Morgan fingerprint density at radius 1 is 0.833 bits per heavy atom. The van der Waals surface area contributed by atoms with Crippen molar-refractivity contribution in [2.45, 2.75) is 12.4 Å². The number of alkyl halides is 6. The van der Waals surface area contributed by atoms with Gasteiger partial charge < -0.3 is 9.80 Å². The van der Waals surface area contributed by atoms with Gasteiger partial charge in [-0.1, -0.05) is 0 Å². The van der Waals surface area contributed by atoms with Crippen molar-refractivity contribution in [2.24, 2.45) is 0 Å². The summed E-state index contributed by atoms with van der Waals surface area (Å²) in [5, 5.41) is 0. The van der Waals surface area contributed by atoms with Crippen LogP contribution in [0.5, 0.6) is 0 Å². The highest BCUT2D eigenvalue weighted by Crippen LogP contribution is 2.39. The van der Waals surface area contributed by atoms with Gasteiger partial charge in [-0.2, -0.15) is 26.3 Å². The van der Waals surface area contributed by atoms with Crippen LogP contribution in [-0.2, 0) is 12.4 Å². The van der Waals surface area contributed by atoms with Gasteiger partial charge in [0.05, 0.1) is 23.0 Å². The molecule has 1 aliphatic rings. The SMILES string of the molecule is CN1CCN(c2nccn3c(-c4cc(C(F)(F)F)cc(C(F)(F)F)c4)cnc23)CC1. The Kier molecular flexibility index (Phi) is 4.88. The molecule has 0 N–H and O–H groups in total. The van der Waals surface area contributed by atoms with E-state index in [4.69, 9.17) is 0 Å². The minimum atomic E-state index is -4.91. The molecular weight excluding hydrogens is 412 g/mol. The molecule has 0 aliphatic carbocycles. The Labute approximate surface area is 167 Å². The molecule has 1 fully saturated rings. The predicted octanol–water partition coefficient (Wildman–Crippen LogP) is 4.19. The van der Waals surface area contributed by atoms with Crippen molar-refractivity contribution < 1.29 is 26.3 Å². The van der Waals surface area contributed by atoms with E-state index in [9.17, 15) is 26.3 Å². The minimum absolute atomic E-state index is 0.115. The number of imidazole rings is 1. The van der Waals surface area contributed by atoms with Crippen molar-refractivity contribution >= 4 is 11.5 Å². The summed E-state index contributed by atoms with van der Waals surface area (Å²) < 4.78 is 80.8. The zero-order valence-corrected chi connectivity index (χ0v) is 15.8. The monoisotopic (exact) mass is 429 g/mol. The van der Waals surface area contributed by atoms with E-state index in [0.717, 1.165) is 13.1 Å². The lowest BCUT2D eigenvalue weighted by Crippen LogP contribution is -2.45. The summed E-state index contributed by atoms with van der Waals surface area (Å²) >= 11 is 0. The molecule has 1 aromatic carbocycles. The van der Waals surface area contributed by atoms with Crippen molar-refractivity contribution in [1.82, 2.24) is 19.3 Å². The summed E-state index contributed by atoms with van der Waals surface area (Å²) in [4.78, 5) is 12.7. The maximum atomic E-state index is 13.2. The number of benzene rings is 1. The van der Waals surface area contributed by atoms with E-state index < -0.39 is 23.5 Å². The lowest BCUT2D eigenvalue weighted by atomic mass is 10.0. The molecule has 0 saturated carbocycles. The molecule has 11 heteroatoms. The summed E-state index contributed by atoms with van der Waals surface area (Å²) in [6.07, 6.45) is -5.62. The van der Waals surface area contributed by atoms with Crippen molar-refractivity contribution in [2.75, 3.05) is 38.1 Å². The van der Waals surface area contributed by atoms with Crippen LogP contribution in [0.2, 0.25) is 0 Å². The number of halogens is 6. The van der Waals surface area contributed by atoms with Gasteiger partial charge in [-0.25, -0.2) is 9.97 Å². The Morgan fingerprint density at radius 3 is 2.00 bits per heavy atom. The number of piperazine rings is 1. The third-order valence-corrected chi connectivity index (χ3v) is 5.10. The number of aromatic nitrogens is 3. The van der Waals surface area contributed by atoms with Gasteiger partial charge >= 0.3 is 12.4 Å². The topological polar surface area (TPSA) is 36.7 Å². The van der Waals surface area contributed by atoms with Crippen LogP contribution in [0.25, 0.3) is 16.9 Å². The Hall–Kier alpha value is -2.82. The lowest BCUT2D eigenvalue weighted by Gasteiger charge is -2.33. The quantitative estimate of drug-likeness (QED) is 0.573. The largest absolute Gasteiger partial charge is 0.416 e. The van der Waals surface area contributed by atoms with E-state index in [1.807, 2.05) is 11.9 Å². The fraction of sp³-hybridized carbons (Fsp3) is 0.368. The predicted molar refractivity (Wildman–Crippen MR) is 98.1 cm³/mol. The molecule has 0 bridgehead atoms. The van der Waals surface area contributed by atoms with E-state index in [2.05, 4.69) is 14.9 Å². The van der Waals surface area contributed by atoms with Gasteiger partial charge in [-0.3, -0.25) is 4.40 Å². The van der Waals surface area contributed by atoms with Crippen LogP contribution < -0.4 is 4.90 Å². The van der Waals surface area contributed by atoms with Crippen LogP contribution in [-0.4, -0.2) is 52.5 Å². The minimum Gasteiger partial charge on any atom is -0.351 e. The van der Waals surface area contributed by atoms with Crippen molar-refractivity contribution in [3.8, 4) is 11.3 Å². The molecule has 0 unspecified atom stereocenters. The highest BCUT2D eigenvalue weighted by Gasteiger charge is 2.37. The van der Waals surface area contributed by atoms with E-state index in [1.165, 1.54) is 23.0 Å². The van der Waals surface area contributed by atoms with Crippen molar-refractivity contribution in [3.05, 3.63) is 47.9 Å². The second kappa shape index (κ2) is 7.15. The number of anilines is 1. The maximum Gasteiger partial charge on any atom is 0.416 e. The first kappa shape index (κ1) is 20.5. The van der Waals surface area contributed by atoms with Gasteiger partial charge in [0.2, 0.25) is 0 Å². The summed E-state index contributed by atoms with van der Waals surface area (Å²) in [6.45, 7) is 2.98. The van der Waals surface area contributed by atoms with E-state index in [1.54, 1.807) is 0 Å². The fourth-order valence-electron chi connectivity index (χ4n) is 3.46. The molecule has 30 heavy (non-hydrogen) atoms. The van der Waals surface area contributed by atoms with Gasteiger partial charge in [-0.15, -0.1) is 0 Å². The third kappa shape index (κ3) is 3.81. The first-order valence-electron chi connectivity index (χ1n) is 9.09. The van der Waals surface area contributed by atoms with Gasteiger partial charge in [0, 0.05) is 44.1 Å². The molecule has 1 aliphatic heterocycles. The van der Waals surface area contributed by atoms with Crippen LogP contribution in [0.15, 0.2) is 36.8 Å². The Bertz CT molecular complexity index is 1030. The Balaban J connectivity index is 1.83. The van der Waals surface area contributed by atoms with E-state index >= 15 is 0 Å². The van der Waals surface area contributed by atoms with E-state index in [-0.39, 0.29) is 17.3 Å². The summed E-state index contributed by atoms with van der Waals surface area (Å²) in [6, 6.07) is 1.52. The molecule has 0 spiro atoms. The number of likely N-dealkylation sites (N-methyl/N-ethyl adjacent to an activating group) is 1. The van der Waals surface area contributed by atoms with Gasteiger partial charge in [0.1, 0.15) is 0 Å². The average molecular weight is 429 g/mol. The molecule has 0 radical (unpaired) electrons. The molecule has 3 aromatic rings. The van der Waals surface area contributed by atoms with Crippen LogP contribution in [0.4, 0.5) is 32.2 Å². The average Bonchev–Trinajstić information content (AvgIpc) is 3.11. The first-order valence-corrected chi connectivity index (χ1v) is 9.09. The first-order chi connectivity index (χ1) is 14.0. The zero-order chi connectivity index (χ0) is 21.7. The lowest BCUT2D eigenvalue weighted by molar-refractivity contribution is -0.143. The van der Waals surface area contributed by atoms with Gasteiger partial charge in [0.15, 0.2) is 11.5 Å². The van der Waals surface area contributed by atoms with Crippen LogP contribution in [0, 0.1) is 0 Å². The summed E-state index contributed by atoms with van der Waals surface area (Å²) in [5.41, 5.74) is -2.45. The van der Waals surface area contributed by atoms with Crippen molar-refractivity contribution in [3.63, 3.8) is 0 Å². The van der Waals surface area contributed by atoms with Crippen LogP contribution >= 0.6 is 0 Å². The Morgan fingerprint density at radius 2 is 1.43 bits per heavy atom. The number of hydrogen-bond acceptors (Lipinski definition) is 4. The summed E-state index contributed by atoms with van der Waals surface area (Å²) in [7, 11) is 1.99. The molecular formula is C19H17F6N5. The molecule has 3 heterocycles.